The highest BCUT2D eigenvalue weighted by molar-refractivity contribution is 6.32. The molecule has 1 aromatic carbocycles. The van der Waals surface area contributed by atoms with Gasteiger partial charge >= 0.3 is 12.1 Å². The molecule has 0 bridgehead atoms. The first kappa shape index (κ1) is 19.0. The molecule has 0 aliphatic heterocycles. The van der Waals surface area contributed by atoms with Crippen LogP contribution in [-0.2, 0) is 14.3 Å². The van der Waals surface area contributed by atoms with E-state index in [0.717, 1.165) is 0 Å². The number of alkyl halides is 3. The lowest BCUT2D eigenvalue weighted by Gasteiger charge is -2.16. The van der Waals surface area contributed by atoms with Gasteiger partial charge in [0.1, 0.15) is 19.0 Å². The Hall–Kier alpha value is -2.00. The van der Waals surface area contributed by atoms with Gasteiger partial charge in [0.15, 0.2) is 6.04 Å². The number of amides is 1. The number of methoxy groups -OCH3 is 1. The predicted octanol–water partition coefficient (Wildman–Crippen LogP) is 2.17. The Morgan fingerprint density at radius 2 is 2.04 bits per heavy atom. The smallest absolute Gasteiger partial charge is 0.411 e. The van der Waals surface area contributed by atoms with E-state index in [0.29, 0.717) is 5.75 Å². The Balaban J connectivity index is 2.74. The summed E-state index contributed by atoms with van der Waals surface area (Å²) in [6.07, 6.45) is -4.57. The van der Waals surface area contributed by atoms with E-state index in [2.05, 4.69) is 10.1 Å². The van der Waals surface area contributed by atoms with Crippen molar-refractivity contribution in [2.24, 2.45) is 0 Å². The number of ether oxygens (including phenoxy) is 2. The van der Waals surface area contributed by atoms with Crippen molar-refractivity contribution in [1.29, 1.82) is 0 Å². The fourth-order valence-electron chi connectivity index (χ4n) is 1.61. The van der Waals surface area contributed by atoms with E-state index in [1.54, 1.807) is 0 Å². The molecule has 10 heteroatoms. The number of rotatable bonds is 7. The van der Waals surface area contributed by atoms with E-state index >= 15 is 0 Å². The first-order chi connectivity index (χ1) is 10.6. The summed E-state index contributed by atoms with van der Waals surface area (Å²) in [5.74, 6) is -2.11. The van der Waals surface area contributed by atoms with Gasteiger partial charge < -0.3 is 19.9 Å². The largest absolute Gasteiger partial charge is 0.495 e. The minimum Gasteiger partial charge on any atom is -0.495 e. The summed E-state index contributed by atoms with van der Waals surface area (Å²) < 4.78 is 44.8. The third-order valence-corrected chi connectivity index (χ3v) is 2.86. The number of benzene rings is 1. The molecule has 0 aliphatic rings. The van der Waals surface area contributed by atoms with Gasteiger partial charge in [0, 0.05) is 0 Å². The molecule has 0 radical (unpaired) electrons. The summed E-state index contributed by atoms with van der Waals surface area (Å²) in [4.78, 5) is 22.7. The van der Waals surface area contributed by atoms with Gasteiger partial charge in [-0.2, -0.15) is 13.2 Å². The van der Waals surface area contributed by atoms with E-state index in [4.69, 9.17) is 21.4 Å². The minimum atomic E-state index is -4.57. The standard InChI is InChI=1S/C13H13ClF3NO5/c1-22-9-3-2-7(4-8(9)14)11(12(20)21)18-10(19)5-23-6-13(15,16)17/h2-4,11H,5-6H2,1H3,(H,18,19)(H,20,21). The average Bonchev–Trinajstić information content (AvgIpc) is 2.43. The maximum Gasteiger partial charge on any atom is 0.411 e. The van der Waals surface area contributed by atoms with Gasteiger partial charge in [-0.25, -0.2) is 4.79 Å². The van der Waals surface area contributed by atoms with Gasteiger partial charge in [-0.05, 0) is 17.7 Å². The minimum absolute atomic E-state index is 0.124. The second-order valence-electron chi connectivity index (χ2n) is 4.34. The van der Waals surface area contributed by atoms with Gasteiger partial charge in [-0.1, -0.05) is 17.7 Å². The van der Waals surface area contributed by atoms with Crippen molar-refractivity contribution in [2.75, 3.05) is 20.3 Å². The highest BCUT2D eigenvalue weighted by Crippen LogP contribution is 2.27. The van der Waals surface area contributed by atoms with Crippen LogP contribution in [0, 0.1) is 0 Å². The van der Waals surface area contributed by atoms with Crippen LogP contribution in [0.3, 0.4) is 0 Å². The second-order valence-corrected chi connectivity index (χ2v) is 4.75. The van der Waals surface area contributed by atoms with Crippen molar-refractivity contribution in [3.05, 3.63) is 28.8 Å². The fourth-order valence-corrected chi connectivity index (χ4v) is 1.88. The van der Waals surface area contributed by atoms with Crippen molar-refractivity contribution in [2.45, 2.75) is 12.2 Å². The molecule has 6 nitrogen and oxygen atoms in total. The van der Waals surface area contributed by atoms with E-state index < -0.39 is 37.3 Å². The Morgan fingerprint density at radius 1 is 1.39 bits per heavy atom. The average molecular weight is 356 g/mol. The summed E-state index contributed by atoms with van der Waals surface area (Å²) in [5.41, 5.74) is 0.132. The molecule has 1 rings (SSSR count). The monoisotopic (exact) mass is 355 g/mol. The first-order valence-electron chi connectivity index (χ1n) is 6.14. The number of carbonyl (C=O) groups is 2. The highest BCUT2D eigenvalue weighted by Gasteiger charge is 2.28. The predicted molar refractivity (Wildman–Crippen MR) is 73.4 cm³/mol. The normalized spacial score (nSPS) is 12.6. The molecule has 0 heterocycles. The second kappa shape index (κ2) is 8.02. The van der Waals surface area contributed by atoms with Crippen LogP contribution < -0.4 is 10.1 Å². The molecule has 0 saturated carbocycles. The molecule has 23 heavy (non-hydrogen) atoms. The van der Waals surface area contributed by atoms with Crippen LogP contribution in [0.25, 0.3) is 0 Å². The van der Waals surface area contributed by atoms with Crippen LogP contribution in [0.5, 0.6) is 5.75 Å². The molecule has 0 aromatic heterocycles. The number of aliphatic carboxylic acids is 1. The van der Waals surface area contributed by atoms with Gasteiger partial charge in [0.2, 0.25) is 5.91 Å². The van der Waals surface area contributed by atoms with Gasteiger partial charge in [-0.15, -0.1) is 0 Å². The third kappa shape index (κ3) is 6.33. The van der Waals surface area contributed by atoms with Crippen molar-refractivity contribution in [3.63, 3.8) is 0 Å². The van der Waals surface area contributed by atoms with Crippen molar-refractivity contribution >= 4 is 23.5 Å². The highest BCUT2D eigenvalue weighted by atomic mass is 35.5. The molecule has 0 spiro atoms. The molecule has 1 amide bonds. The quantitative estimate of drug-likeness (QED) is 0.783. The van der Waals surface area contributed by atoms with Crippen LogP contribution in [-0.4, -0.2) is 43.5 Å². The summed E-state index contributed by atoms with van der Waals surface area (Å²) in [6, 6.07) is 2.55. The molecule has 0 saturated heterocycles. The summed E-state index contributed by atoms with van der Waals surface area (Å²) >= 11 is 5.87. The Morgan fingerprint density at radius 3 is 2.52 bits per heavy atom. The number of hydrogen-bond acceptors (Lipinski definition) is 4. The molecular formula is C13H13ClF3NO5. The zero-order chi connectivity index (χ0) is 17.6. The van der Waals surface area contributed by atoms with Crippen LogP contribution in [0.15, 0.2) is 18.2 Å². The summed E-state index contributed by atoms with van der Waals surface area (Å²) in [5, 5.41) is 11.3. The number of carbonyl (C=O) groups excluding carboxylic acids is 1. The third-order valence-electron chi connectivity index (χ3n) is 2.56. The number of carboxylic acid groups (broad SMARTS) is 1. The van der Waals surface area contributed by atoms with Crippen molar-refractivity contribution in [1.82, 2.24) is 5.32 Å². The van der Waals surface area contributed by atoms with E-state index in [1.165, 1.54) is 25.3 Å². The van der Waals surface area contributed by atoms with Crippen LogP contribution in [0.2, 0.25) is 5.02 Å². The molecule has 0 aliphatic carbocycles. The number of halogens is 4. The Labute approximate surface area is 134 Å². The van der Waals surface area contributed by atoms with Crippen molar-refractivity contribution < 1.29 is 37.3 Å². The van der Waals surface area contributed by atoms with Gasteiger partial charge in [0.25, 0.3) is 0 Å². The molecule has 128 valence electrons. The lowest BCUT2D eigenvalue weighted by molar-refractivity contribution is -0.176. The van der Waals surface area contributed by atoms with Crippen molar-refractivity contribution in [3.8, 4) is 5.75 Å². The topological polar surface area (TPSA) is 84.9 Å². The van der Waals surface area contributed by atoms with E-state index in [1.807, 2.05) is 0 Å². The summed E-state index contributed by atoms with van der Waals surface area (Å²) in [7, 11) is 1.37. The molecule has 1 aromatic rings. The molecular weight excluding hydrogens is 343 g/mol. The lowest BCUT2D eigenvalue weighted by atomic mass is 10.1. The maximum atomic E-state index is 11.9. The fraction of sp³-hybridized carbons (Fsp3) is 0.385. The summed E-state index contributed by atoms with van der Waals surface area (Å²) in [6.45, 7) is -2.53. The zero-order valence-electron chi connectivity index (χ0n) is 11.8. The van der Waals surface area contributed by atoms with Gasteiger partial charge in [0.05, 0.1) is 12.1 Å². The Bertz CT molecular complexity index is 579. The van der Waals surface area contributed by atoms with Crippen LogP contribution >= 0.6 is 11.6 Å². The van der Waals surface area contributed by atoms with Crippen LogP contribution in [0.1, 0.15) is 11.6 Å². The maximum absolute atomic E-state index is 11.9. The molecule has 2 N–H and O–H groups in total. The van der Waals surface area contributed by atoms with Gasteiger partial charge in [-0.3, -0.25) is 4.79 Å². The SMILES string of the molecule is COc1ccc(C(NC(=O)COCC(F)(F)F)C(=O)O)cc1Cl. The van der Waals surface area contributed by atoms with Crippen LogP contribution in [0.4, 0.5) is 13.2 Å². The molecule has 1 atom stereocenters. The molecule has 1 unspecified atom stereocenters. The number of carboxylic acids is 1. The first-order valence-corrected chi connectivity index (χ1v) is 6.52. The van der Waals surface area contributed by atoms with E-state index in [9.17, 15) is 22.8 Å². The zero-order valence-corrected chi connectivity index (χ0v) is 12.6. The number of hydrogen-bond donors (Lipinski definition) is 2. The lowest BCUT2D eigenvalue weighted by Crippen LogP contribution is -2.36. The van der Waals surface area contributed by atoms with E-state index in [-0.39, 0.29) is 10.6 Å². The number of nitrogens with one attached hydrogen (secondary N) is 1. The Kier molecular flexibility index (Phi) is 6.64. The molecule has 0 fully saturated rings.